The molecule has 1 aromatic carbocycles. The van der Waals surface area contributed by atoms with Gasteiger partial charge in [0.15, 0.2) is 0 Å². The molecular weight excluding hydrogens is 338 g/mol. The summed E-state index contributed by atoms with van der Waals surface area (Å²) in [5, 5.41) is 11.7. The third-order valence-corrected chi connectivity index (χ3v) is 4.89. The monoisotopic (exact) mass is 359 g/mol. The number of carbonyl (C=O) groups is 4. The summed E-state index contributed by atoms with van der Waals surface area (Å²) in [6, 6.07) is 6.00. The van der Waals surface area contributed by atoms with Gasteiger partial charge >= 0.3 is 5.97 Å². The number of nitrogens with zero attached hydrogens (tertiary/aromatic N) is 2. The first-order valence-corrected chi connectivity index (χ1v) is 8.58. The Labute approximate surface area is 150 Å². The highest BCUT2D eigenvalue weighted by atomic mass is 16.4. The molecule has 2 aliphatic heterocycles. The second-order valence-corrected chi connectivity index (χ2v) is 6.66. The molecule has 8 nitrogen and oxygen atoms in total. The predicted molar refractivity (Wildman–Crippen MR) is 93.6 cm³/mol. The quantitative estimate of drug-likeness (QED) is 0.779. The van der Waals surface area contributed by atoms with Gasteiger partial charge in [-0.3, -0.25) is 24.1 Å². The number of carboxylic acid groups (broad SMARTS) is 1. The first-order valence-electron chi connectivity index (χ1n) is 8.58. The SMILES string of the molecule is CC(=O)Nc1ccc(N2C(=O)CC(N3CCC(C(=O)O)CC3)C2=O)cc1. The van der Waals surface area contributed by atoms with Gasteiger partial charge in [0.1, 0.15) is 0 Å². The molecule has 1 unspecified atom stereocenters. The Balaban J connectivity index is 1.69. The van der Waals surface area contributed by atoms with Crippen LogP contribution in [0, 0.1) is 5.92 Å². The third-order valence-electron chi connectivity index (χ3n) is 4.89. The number of hydrogen-bond acceptors (Lipinski definition) is 5. The lowest BCUT2D eigenvalue weighted by Crippen LogP contribution is -2.46. The molecule has 0 saturated carbocycles. The Morgan fingerprint density at radius 2 is 1.73 bits per heavy atom. The molecule has 3 amide bonds. The highest BCUT2D eigenvalue weighted by Gasteiger charge is 2.43. The lowest BCUT2D eigenvalue weighted by Gasteiger charge is -2.33. The molecule has 0 aliphatic carbocycles. The Morgan fingerprint density at radius 1 is 1.12 bits per heavy atom. The van der Waals surface area contributed by atoms with Gasteiger partial charge in [0, 0.05) is 12.6 Å². The number of benzene rings is 1. The smallest absolute Gasteiger partial charge is 0.306 e. The molecule has 0 aromatic heterocycles. The topological polar surface area (TPSA) is 107 Å². The molecule has 2 saturated heterocycles. The summed E-state index contributed by atoms with van der Waals surface area (Å²) in [6.45, 7) is 2.39. The molecule has 1 atom stereocenters. The van der Waals surface area contributed by atoms with Crippen molar-refractivity contribution in [1.82, 2.24) is 4.90 Å². The van der Waals surface area contributed by atoms with Crippen molar-refractivity contribution < 1.29 is 24.3 Å². The van der Waals surface area contributed by atoms with Crippen molar-refractivity contribution >= 4 is 35.1 Å². The molecule has 138 valence electrons. The van der Waals surface area contributed by atoms with E-state index in [1.54, 1.807) is 24.3 Å². The van der Waals surface area contributed by atoms with E-state index in [-0.39, 0.29) is 30.1 Å². The zero-order chi connectivity index (χ0) is 18.8. The Morgan fingerprint density at radius 3 is 2.27 bits per heavy atom. The average molecular weight is 359 g/mol. The van der Waals surface area contributed by atoms with Crippen LogP contribution in [0.25, 0.3) is 0 Å². The van der Waals surface area contributed by atoms with E-state index in [0.717, 1.165) is 0 Å². The van der Waals surface area contributed by atoms with E-state index in [1.807, 2.05) is 4.90 Å². The molecule has 2 aliphatic rings. The van der Waals surface area contributed by atoms with Crippen molar-refractivity contribution in [3.05, 3.63) is 24.3 Å². The summed E-state index contributed by atoms with van der Waals surface area (Å²) in [5.41, 5.74) is 1.06. The summed E-state index contributed by atoms with van der Waals surface area (Å²) in [6.07, 6.45) is 1.07. The van der Waals surface area contributed by atoms with Crippen LogP contribution < -0.4 is 10.2 Å². The minimum absolute atomic E-state index is 0.101. The van der Waals surface area contributed by atoms with Crippen LogP contribution in [0.1, 0.15) is 26.2 Å². The van der Waals surface area contributed by atoms with Gasteiger partial charge in [0.2, 0.25) is 11.8 Å². The number of anilines is 2. The first kappa shape index (κ1) is 18.1. The third kappa shape index (κ3) is 3.60. The fourth-order valence-corrected chi connectivity index (χ4v) is 3.53. The molecule has 0 spiro atoms. The largest absolute Gasteiger partial charge is 0.481 e. The van der Waals surface area contributed by atoms with Crippen LogP contribution in [0.2, 0.25) is 0 Å². The summed E-state index contributed by atoms with van der Waals surface area (Å²) >= 11 is 0. The van der Waals surface area contributed by atoms with E-state index in [9.17, 15) is 19.2 Å². The van der Waals surface area contributed by atoms with Crippen molar-refractivity contribution in [3.8, 4) is 0 Å². The molecule has 3 rings (SSSR count). The van der Waals surface area contributed by atoms with E-state index in [1.165, 1.54) is 11.8 Å². The highest BCUT2D eigenvalue weighted by molar-refractivity contribution is 6.22. The van der Waals surface area contributed by atoms with Gasteiger partial charge < -0.3 is 10.4 Å². The van der Waals surface area contributed by atoms with Gasteiger partial charge in [-0.1, -0.05) is 0 Å². The molecule has 26 heavy (non-hydrogen) atoms. The lowest BCUT2D eigenvalue weighted by atomic mass is 9.96. The number of carboxylic acids is 1. The van der Waals surface area contributed by atoms with Crippen LogP contribution in [0.4, 0.5) is 11.4 Å². The Kier molecular flexibility index (Phi) is 5.03. The molecule has 2 fully saturated rings. The number of imide groups is 1. The van der Waals surface area contributed by atoms with Crippen LogP contribution >= 0.6 is 0 Å². The number of hydrogen-bond donors (Lipinski definition) is 2. The normalized spacial score (nSPS) is 21.9. The van der Waals surface area contributed by atoms with Crippen LogP contribution in [0.15, 0.2) is 24.3 Å². The van der Waals surface area contributed by atoms with Crippen molar-refractivity contribution in [2.45, 2.75) is 32.2 Å². The van der Waals surface area contributed by atoms with Crippen molar-refractivity contribution in [3.63, 3.8) is 0 Å². The highest BCUT2D eigenvalue weighted by Crippen LogP contribution is 2.29. The molecule has 0 bridgehead atoms. The number of aliphatic carboxylic acids is 1. The van der Waals surface area contributed by atoms with Gasteiger partial charge in [0.05, 0.1) is 24.1 Å². The van der Waals surface area contributed by atoms with Crippen molar-refractivity contribution in [1.29, 1.82) is 0 Å². The number of nitrogens with one attached hydrogen (secondary N) is 1. The summed E-state index contributed by atoms with van der Waals surface area (Å²) in [5.74, 6) is -1.94. The van der Waals surface area contributed by atoms with E-state index in [4.69, 9.17) is 5.11 Å². The zero-order valence-electron chi connectivity index (χ0n) is 14.5. The lowest BCUT2D eigenvalue weighted by molar-refractivity contribution is -0.143. The second kappa shape index (κ2) is 7.25. The first-order chi connectivity index (χ1) is 12.4. The number of rotatable bonds is 4. The van der Waals surface area contributed by atoms with Gasteiger partial charge in [-0.25, -0.2) is 4.90 Å². The number of carbonyl (C=O) groups excluding carboxylic acids is 3. The maximum atomic E-state index is 12.8. The molecule has 1 aromatic rings. The van der Waals surface area contributed by atoms with Crippen LogP contribution in [0.3, 0.4) is 0 Å². The number of amides is 3. The summed E-state index contributed by atoms with van der Waals surface area (Å²) in [4.78, 5) is 50.4. The van der Waals surface area contributed by atoms with Crippen LogP contribution in [-0.2, 0) is 19.2 Å². The van der Waals surface area contributed by atoms with E-state index in [2.05, 4.69) is 5.32 Å². The Bertz CT molecular complexity index is 738. The summed E-state index contributed by atoms with van der Waals surface area (Å²) < 4.78 is 0. The minimum atomic E-state index is -0.806. The number of likely N-dealkylation sites (tertiary alicyclic amines) is 1. The zero-order valence-corrected chi connectivity index (χ0v) is 14.5. The van der Waals surface area contributed by atoms with Crippen molar-refractivity contribution in [2.75, 3.05) is 23.3 Å². The maximum Gasteiger partial charge on any atom is 0.306 e. The van der Waals surface area contributed by atoms with Gasteiger partial charge in [-0.05, 0) is 50.2 Å². The standard InChI is InChI=1S/C18H21N3O5/c1-11(22)19-13-2-4-14(5-3-13)21-16(23)10-15(17(21)24)20-8-6-12(7-9-20)18(25)26/h2-5,12,15H,6-10H2,1H3,(H,19,22)(H,25,26). The van der Waals surface area contributed by atoms with Gasteiger partial charge in [-0.2, -0.15) is 0 Å². The Hall–Kier alpha value is -2.74. The maximum absolute atomic E-state index is 12.8. The minimum Gasteiger partial charge on any atom is -0.481 e. The van der Waals surface area contributed by atoms with E-state index in [0.29, 0.717) is 37.3 Å². The molecule has 8 heteroatoms. The van der Waals surface area contributed by atoms with Gasteiger partial charge in [-0.15, -0.1) is 0 Å². The molecule has 2 heterocycles. The van der Waals surface area contributed by atoms with E-state index < -0.39 is 12.0 Å². The van der Waals surface area contributed by atoms with Crippen LogP contribution in [0.5, 0.6) is 0 Å². The van der Waals surface area contributed by atoms with E-state index >= 15 is 0 Å². The average Bonchev–Trinajstić information content (AvgIpc) is 2.90. The van der Waals surface area contributed by atoms with Crippen LogP contribution in [-0.4, -0.2) is 52.8 Å². The van der Waals surface area contributed by atoms with Gasteiger partial charge in [0.25, 0.3) is 5.91 Å². The second-order valence-electron chi connectivity index (χ2n) is 6.66. The predicted octanol–water partition coefficient (Wildman–Crippen LogP) is 1.07. The summed E-state index contributed by atoms with van der Waals surface area (Å²) in [7, 11) is 0. The number of piperidine rings is 1. The molecule has 2 N–H and O–H groups in total. The molecule has 0 radical (unpaired) electrons. The fraction of sp³-hybridized carbons (Fsp3) is 0.444. The fourth-order valence-electron chi connectivity index (χ4n) is 3.53. The van der Waals surface area contributed by atoms with Crippen molar-refractivity contribution in [2.24, 2.45) is 5.92 Å². The molecular formula is C18H21N3O5.